The molecule has 3 N–H and O–H groups in total. The van der Waals surface area contributed by atoms with Crippen molar-refractivity contribution < 1.29 is 33.0 Å². The highest BCUT2D eigenvalue weighted by molar-refractivity contribution is 7.99. The second-order valence-corrected chi connectivity index (χ2v) is 5.21. The third-order valence-electron chi connectivity index (χ3n) is 2.45. The van der Waals surface area contributed by atoms with Crippen LogP contribution in [0.5, 0.6) is 0 Å². The van der Waals surface area contributed by atoms with Crippen molar-refractivity contribution in [2.45, 2.75) is 23.6 Å². The molecule has 1 amide bonds. The van der Waals surface area contributed by atoms with Gasteiger partial charge in [0.25, 0.3) is 5.60 Å². The van der Waals surface area contributed by atoms with Crippen LogP contribution in [0.2, 0.25) is 0 Å². The molecule has 0 bridgehead atoms. The van der Waals surface area contributed by atoms with Gasteiger partial charge in [0.1, 0.15) is 0 Å². The Kier molecular flexibility index (Phi) is 5.24. The minimum atomic E-state index is -5.28. The van der Waals surface area contributed by atoms with Crippen molar-refractivity contribution in [2.75, 3.05) is 11.1 Å². The van der Waals surface area contributed by atoms with Gasteiger partial charge in [-0.2, -0.15) is 13.2 Å². The molecule has 0 aliphatic carbocycles. The molecule has 0 aliphatic heterocycles. The first-order chi connectivity index (χ1) is 9.56. The SMILES string of the molecule is CC(=O)Nc1ccc(SC[C@@](O)(C(=O)O)C(F)(F)F)cc1. The lowest BCUT2D eigenvalue weighted by atomic mass is 10.1. The number of nitrogens with one attached hydrogen (secondary N) is 1. The minimum Gasteiger partial charge on any atom is -0.479 e. The summed E-state index contributed by atoms with van der Waals surface area (Å²) in [6.07, 6.45) is -5.28. The molecular formula is C12H12F3NO4S. The summed E-state index contributed by atoms with van der Waals surface area (Å²) in [6.45, 7) is 1.30. The summed E-state index contributed by atoms with van der Waals surface area (Å²) in [5, 5.41) is 20.3. The van der Waals surface area contributed by atoms with Gasteiger partial charge in [0, 0.05) is 23.3 Å². The Labute approximate surface area is 122 Å². The van der Waals surface area contributed by atoms with Crippen LogP contribution in [0, 0.1) is 0 Å². The maximum absolute atomic E-state index is 12.6. The first kappa shape index (κ1) is 17.3. The largest absolute Gasteiger partial charge is 0.479 e. The number of carbonyl (C=O) groups is 2. The zero-order valence-electron chi connectivity index (χ0n) is 10.8. The molecule has 1 rings (SSSR count). The molecule has 0 radical (unpaired) electrons. The summed E-state index contributed by atoms with van der Waals surface area (Å²) in [5.41, 5.74) is -3.36. The van der Waals surface area contributed by atoms with Crippen molar-refractivity contribution in [1.29, 1.82) is 0 Å². The number of rotatable bonds is 5. The van der Waals surface area contributed by atoms with Gasteiger partial charge >= 0.3 is 12.1 Å². The van der Waals surface area contributed by atoms with Gasteiger partial charge in [-0.1, -0.05) is 0 Å². The van der Waals surface area contributed by atoms with Crippen molar-refractivity contribution in [3.63, 3.8) is 0 Å². The Morgan fingerprint density at radius 2 is 1.76 bits per heavy atom. The van der Waals surface area contributed by atoms with E-state index < -0.39 is 23.5 Å². The van der Waals surface area contributed by atoms with E-state index in [-0.39, 0.29) is 5.91 Å². The molecule has 0 aromatic heterocycles. The maximum Gasteiger partial charge on any atom is 0.429 e. The molecule has 1 aromatic carbocycles. The second kappa shape index (κ2) is 6.35. The molecule has 9 heteroatoms. The van der Waals surface area contributed by atoms with E-state index in [9.17, 15) is 27.9 Å². The van der Waals surface area contributed by atoms with E-state index in [1.807, 2.05) is 0 Å². The number of carbonyl (C=O) groups excluding carboxylic acids is 1. The molecule has 0 fully saturated rings. The van der Waals surface area contributed by atoms with Crippen LogP contribution >= 0.6 is 11.8 Å². The number of anilines is 1. The van der Waals surface area contributed by atoms with Crippen LogP contribution in [-0.4, -0.2) is 39.6 Å². The third kappa shape index (κ3) is 4.36. The number of amides is 1. The molecule has 0 heterocycles. The van der Waals surface area contributed by atoms with Crippen molar-refractivity contribution >= 4 is 29.3 Å². The fraction of sp³-hybridized carbons (Fsp3) is 0.333. The number of benzene rings is 1. The average Bonchev–Trinajstić information content (AvgIpc) is 2.35. The zero-order chi connectivity index (χ0) is 16.3. The van der Waals surface area contributed by atoms with Gasteiger partial charge in [-0.3, -0.25) is 4.79 Å². The Hall–Kier alpha value is -1.74. The van der Waals surface area contributed by atoms with E-state index in [0.717, 1.165) is 0 Å². The van der Waals surface area contributed by atoms with Crippen LogP contribution in [0.25, 0.3) is 0 Å². The lowest BCUT2D eigenvalue weighted by Crippen LogP contribution is -2.54. The lowest BCUT2D eigenvalue weighted by Gasteiger charge is -2.25. The summed E-state index contributed by atoms with van der Waals surface area (Å²) in [6, 6.07) is 5.73. The van der Waals surface area contributed by atoms with Crippen molar-refractivity contribution in [3.8, 4) is 0 Å². The molecule has 1 atom stereocenters. The van der Waals surface area contributed by atoms with Crippen molar-refractivity contribution in [2.24, 2.45) is 0 Å². The zero-order valence-corrected chi connectivity index (χ0v) is 11.6. The average molecular weight is 323 g/mol. The quantitative estimate of drug-likeness (QED) is 0.723. The number of carboxylic acid groups (broad SMARTS) is 1. The smallest absolute Gasteiger partial charge is 0.429 e. The van der Waals surface area contributed by atoms with Crippen LogP contribution in [0.3, 0.4) is 0 Å². The molecule has 5 nitrogen and oxygen atoms in total. The van der Waals surface area contributed by atoms with Gasteiger partial charge in [-0.15, -0.1) is 11.8 Å². The summed E-state index contributed by atoms with van der Waals surface area (Å²) in [4.78, 5) is 21.8. The van der Waals surface area contributed by atoms with Gasteiger partial charge in [0.05, 0.1) is 0 Å². The van der Waals surface area contributed by atoms with E-state index in [2.05, 4.69) is 5.32 Å². The number of aliphatic carboxylic acids is 1. The van der Waals surface area contributed by atoms with Gasteiger partial charge < -0.3 is 15.5 Å². The van der Waals surface area contributed by atoms with Gasteiger partial charge in [0.15, 0.2) is 0 Å². The van der Waals surface area contributed by atoms with Crippen LogP contribution in [0.4, 0.5) is 18.9 Å². The molecule has 0 aliphatic rings. The first-order valence-electron chi connectivity index (χ1n) is 5.59. The van der Waals surface area contributed by atoms with Crippen LogP contribution in [0.1, 0.15) is 6.92 Å². The summed E-state index contributed by atoms with van der Waals surface area (Å²) >= 11 is 0.547. The van der Waals surface area contributed by atoms with E-state index in [1.54, 1.807) is 0 Å². The van der Waals surface area contributed by atoms with E-state index in [4.69, 9.17) is 5.11 Å². The molecule has 0 unspecified atom stereocenters. The number of halogens is 3. The second-order valence-electron chi connectivity index (χ2n) is 4.16. The van der Waals surface area contributed by atoms with Crippen molar-refractivity contribution in [3.05, 3.63) is 24.3 Å². The number of carboxylic acids is 1. The summed E-state index contributed by atoms with van der Waals surface area (Å²) in [7, 11) is 0. The number of alkyl halides is 3. The van der Waals surface area contributed by atoms with Gasteiger partial charge in [-0.05, 0) is 24.3 Å². The van der Waals surface area contributed by atoms with Gasteiger partial charge in [-0.25, -0.2) is 4.79 Å². The number of hydrogen-bond acceptors (Lipinski definition) is 4. The van der Waals surface area contributed by atoms with Crippen molar-refractivity contribution in [1.82, 2.24) is 0 Å². The predicted molar refractivity (Wildman–Crippen MR) is 70.1 cm³/mol. The van der Waals surface area contributed by atoms with E-state index >= 15 is 0 Å². The summed E-state index contributed by atoms with van der Waals surface area (Å²) in [5.74, 6) is -3.73. The third-order valence-corrected chi connectivity index (χ3v) is 3.61. The Morgan fingerprint density at radius 1 is 1.24 bits per heavy atom. The number of hydrogen-bond donors (Lipinski definition) is 3. The Balaban J connectivity index is 2.78. The molecule has 0 saturated heterocycles. The maximum atomic E-state index is 12.6. The molecule has 0 saturated carbocycles. The highest BCUT2D eigenvalue weighted by atomic mass is 32.2. The first-order valence-corrected chi connectivity index (χ1v) is 6.58. The molecule has 116 valence electrons. The molecule has 21 heavy (non-hydrogen) atoms. The normalized spacial score (nSPS) is 14.3. The fourth-order valence-corrected chi connectivity index (χ4v) is 2.28. The predicted octanol–water partition coefficient (Wildman–Crippen LogP) is 2.12. The van der Waals surface area contributed by atoms with Crippen LogP contribution in [-0.2, 0) is 9.59 Å². The highest BCUT2D eigenvalue weighted by Gasteiger charge is 2.60. The van der Waals surface area contributed by atoms with E-state index in [1.165, 1.54) is 31.2 Å². The Morgan fingerprint density at radius 3 is 2.14 bits per heavy atom. The van der Waals surface area contributed by atoms with Gasteiger partial charge in [0.2, 0.25) is 5.91 Å². The number of aliphatic hydroxyl groups is 1. The Bertz CT molecular complexity index is 532. The molecule has 0 spiro atoms. The highest BCUT2D eigenvalue weighted by Crippen LogP contribution is 2.35. The summed E-state index contributed by atoms with van der Waals surface area (Å²) < 4.78 is 37.7. The van der Waals surface area contributed by atoms with E-state index in [0.29, 0.717) is 22.3 Å². The fourth-order valence-electron chi connectivity index (χ4n) is 1.29. The monoisotopic (exact) mass is 323 g/mol. The lowest BCUT2D eigenvalue weighted by molar-refractivity contribution is -0.251. The number of thioether (sulfide) groups is 1. The topological polar surface area (TPSA) is 86.6 Å². The minimum absolute atomic E-state index is 0.298. The molecular weight excluding hydrogens is 311 g/mol. The standard InChI is InChI=1S/C12H12F3NO4S/c1-7(17)16-8-2-4-9(5-3-8)21-6-11(20,10(18)19)12(13,14)15/h2-5,20H,6H2,1H3,(H,16,17)(H,18,19)/t11-/m1/s1. The molecule has 1 aromatic rings. The van der Waals surface area contributed by atoms with Crippen LogP contribution < -0.4 is 5.32 Å². The van der Waals surface area contributed by atoms with Crippen LogP contribution in [0.15, 0.2) is 29.2 Å².